The van der Waals surface area contributed by atoms with Gasteiger partial charge in [-0.3, -0.25) is 24.7 Å². The van der Waals surface area contributed by atoms with Crippen LogP contribution in [0, 0.1) is 21.4 Å². The average Bonchev–Trinajstić information content (AvgIpc) is 3.32. The van der Waals surface area contributed by atoms with Crippen LogP contribution in [0.15, 0.2) is 64.8 Å². The second-order valence-corrected chi connectivity index (χ2v) is 8.17. The molecule has 10 nitrogen and oxygen atoms in total. The Balaban J connectivity index is 1.58. The number of benzene rings is 2. The lowest BCUT2D eigenvalue weighted by Crippen LogP contribution is -2.16. The van der Waals surface area contributed by atoms with Crippen molar-refractivity contribution < 1.29 is 9.72 Å². The zero-order chi connectivity index (χ0) is 24.2. The van der Waals surface area contributed by atoms with Gasteiger partial charge in [0.05, 0.1) is 16.2 Å². The van der Waals surface area contributed by atoms with Crippen molar-refractivity contribution in [2.75, 3.05) is 10.6 Å². The number of nitro groups is 1. The molecule has 0 radical (unpaired) electrons. The molecule has 0 unspecified atom stereocenters. The first kappa shape index (κ1) is 22.7. The van der Waals surface area contributed by atoms with Gasteiger partial charge >= 0.3 is 5.00 Å². The van der Waals surface area contributed by atoms with Crippen LogP contribution in [0.4, 0.5) is 22.3 Å². The summed E-state index contributed by atoms with van der Waals surface area (Å²) in [5.74, 6) is -0.365. The fourth-order valence-corrected chi connectivity index (χ4v) is 3.80. The molecule has 12 heteroatoms. The molecular weight excluding hydrogens is 480 g/mol. The normalized spacial score (nSPS) is 10.4. The Hall–Kier alpha value is -4.53. The third-order valence-electron chi connectivity index (χ3n) is 4.58. The SMILES string of the molecule is N#Cc1c(-c2ccc(NC(=O)c3csc([N+](=O)[O-])c3)cc2)nc(Nc2ccc(Cl)cc2)[nH]c1=O. The van der Waals surface area contributed by atoms with Crippen molar-refractivity contribution in [2.45, 2.75) is 0 Å². The van der Waals surface area contributed by atoms with Crippen LogP contribution in [-0.2, 0) is 0 Å². The molecule has 0 bridgehead atoms. The molecule has 0 saturated heterocycles. The van der Waals surface area contributed by atoms with Crippen molar-refractivity contribution in [1.82, 2.24) is 9.97 Å². The summed E-state index contributed by atoms with van der Waals surface area (Å²) in [5, 5.41) is 27.7. The Morgan fingerprint density at radius 1 is 1.15 bits per heavy atom. The van der Waals surface area contributed by atoms with Gasteiger partial charge in [0.15, 0.2) is 0 Å². The zero-order valence-corrected chi connectivity index (χ0v) is 18.6. The maximum Gasteiger partial charge on any atom is 0.324 e. The average molecular weight is 493 g/mol. The standard InChI is InChI=1S/C22H13ClN6O4S/c23-14-3-7-16(8-4-14)26-22-27-19(17(10-24)21(31)28-22)12-1-5-15(6-2-12)25-20(30)13-9-18(29(32)33)34-11-13/h1-9,11H,(H,25,30)(H2,26,27,28,31). The van der Waals surface area contributed by atoms with Gasteiger partial charge in [0, 0.05) is 33.4 Å². The molecular formula is C22H13ClN6O4S. The third-order valence-corrected chi connectivity index (χ3v) is 5.71. The number of nitriles is 1. The van der Waals surface area contributed by atoms with E-state index in [1.54, 1.807) is 48.5 Å². The van der Waals surface area contributed by atoms with Gasteiger partial charge in [-0.2, -0.15) is 5.26 Å². The molecule has 0 aliphatic carbocycles. The number of rotatable bonds is 6. The van der Waals surface area contributed by atoms with Crippen LogP contribution < -0.4 is 16.2 Å². The Kier molecular flexibility index (Phi) is 6.35. The lowest BCUT2D eigenvalue weighted by Gasteiger charge is -2.10. The number of halogens is 1. The summed E-state index contributed by atoms with van der Waals surface area (Å²) in [5.41, 5.74) is 1.09. The van der Waals surface area contributed by atoms with E-state index in [4.69, 9.17) is 11.6 Å². The monoisotopic (exact) mass is 492 g/mol. The fourth-order valence-electron chi connectivity index (χ4n) is 2.97. The second kappa shape index (κ2) is 9.53. The number of carbonyl (C=O) groups excluding carboxylic acids is 1. The van der Waals surface area contributed by atoms with Crippen LogP contribution in [0.5, 0.6) is 0 Å². The van der Waals surface area contributed by atoms with Crippen LogP contribution in [0.1, 0.15) is 15.9 Å². The number of hydrogen-bond acceptors (Lipinski definition) is 8. The molecule has 0 aliphatic heterocycles. The number of amides is 1. The Labute approximate surface area is 200 Å². The summed E-state index contributed by atoms with van der Waals surface area (Å²) in [4.78, 5) is 41.9. The molecule has 0 spiro atoms. The number of aromatic nitrogens is 2. The van der Waals surface area contributed by atoms with Gasteiger partial charge in [-0.15, -0.1) is 0 Å². The van der Waals surface area contributed by atoms with Crippen molar-refractivity contribution >= 4 is 51.2 Å². The predicted molar refractivity (Wildman–Crippen MR) is 129 cm³/mol. The molecule has 2 heterocycles. The van der Waals surface area contributed by atoms with Gasteiger partial charge in [-0.1, -0.05) is 35.1 Å². The number of H-pyrrole nitrogens is 1. The molecule has 2 aromatic heterocycles. The van der Waals surface area contributed by atoms with Crippen LogP contribution in [0.2, 0.25) is 5.02 Å². The molecule has 1 amide bonds. The largest absolute Gasteiger partial charge is 0.326 e. The molecule has 0 aliphatic rings. The molecule has 0 fully saturated rings. The maximum atomic E-state index is 12.4. The predicted octanol–water partition coefficient (Wildman–Crippen LogP) is 4.93. The van der Waals surface area contributed by atoms with Crippen LogP contribution in [-0.4, -0.2) is 20.8 Å². The number of hydrogen-bond donors (Lipinski definition) is 3. The van der Waals surface area contributed by atoms with Crippen molar-refractivity contribution in [2.24, 2.45) is 0 Å². The van der Waals surface area contributed by atoms with Gasteiger partial charge in [0.25, 0.3) is 11.5 Å². The van der Waals surface area contributed by atoms with E-state index in [1.165, 1.54) is 11.4 Å². The second-order valence-electron chi connectivity index (χ2n) is 6.84. The van der Waals surface area contributed by atoms with Crippen molar-refractivity contribution in [3.05, 3.63) is 96.6 Å². The van der Waals surface area contributed by atoms with E-state index in [9.17, 15) is 25.0 Å². The molecule has 3 N–H and O–H groups in total. The Bertz CT molecular complexity index is 1490. The fraction of sp³-hybridized carbons (Fsp3) is 0. The molecule has 0 saturated carbocycles. The molecule has 168 valence electrons. The maximum absolute atomic E-state index is 12.4. The first-order valence-corrected chi connectivity index (χ1v) is 10.8. The van der Waals surface area contributed by atoms with E-state index in [-0.39, 0.29) is 27.8 Å². The summed E-state index contributed by atoms with van der Waals surface area (Å²) in [6, 6.07) is 16.2. The molecule has 4 rings (SSSR count). The minimum Gasteiger partial charge on any atom is -0.326 e. The van der Waals surface area contributed by atoms with Gasteiger partial charge in [-0.05, 0) is 36.4 Å². The minimum absolute atomic E-state index is 0.132. The van der Waals surface area contributed by atoms with Crippen LogP contribution in [0.3, 0.4) is 0 Å². The molecule has 34 heavy (non-hydrogen) atoms. The smallest absolute Gasteiger partial charge is 0.324 e. The first-order chi connectivity index (χ1) is 16.3. The summed E-state index contributed by atoms with van der Waals surface area (Å²) < 4.78 is 0. The highest BCUT2D eigenvalue weighted by molar-refractivity contribution is 7.13. The topological polar surface area (TPSA) is 154 Å². The summed E-state index contributed by atoms with van der Waals surface area (Å²) >= 11 is 6.75. The highest BCUT2D eigenvalue weighted by Gasteiger charge is 2.16. The minimum atomic E-state index is -0.611. The quantitative estimate of drug-likeness (QED) is 0.254. The number of nitrogens with zero attached hydrogens (tertiary/aromatic N) is 3. The number of anilines is 3. The summed E-state index contributed by atoms with van der Waals surface area (Å²) in [7, 11) is 0. The van der Waals surface area contributed by atoms with E-state index < -0.39 is 16.4 Å². The van der Waals surface area contributed by atoms with Crippen molar-refractivity contribution in [3.8, 4) is 17.3 Å². The number of carbonyl (C=O) groups is 1. The Morgan fingerprint density at radius 3 is 2.44 bits per heavy atom. The molecule has 0 atom stereocenters. The molecule has 4 aromatic rings. The number of thiophene rings is 1. The third kappa shape index (κ3) is 4.93. The van der Waals surface area contributed by atoms with Gasteiger partial charge in [-0.25, -0.2) is 4.98 Å². The first-order valence-electron chi connectivity index (χ1n) is 9.56. The highest BCUT2D eigenvalue weighted by atomic mass is 35.5. The van der Waals surface area contributed by atoms with E-state index >= 15 is 0 Å². The van der Waals surface area contributed by atoms with Gasteiger partial charge in [0.2, 0.25) is 5.95 Å². The van der Waals surface area contributed by atoms with Crippen molar-refractivity contribution in [1.29, 1.82) is 5.26 Å². The zero-order valence-electron chi connectivity index (χ0n) is 17.0. The van der Waals surface area contributed by atoms with E-state index in [1.807, 2.05) is 6.07 Å². The van der Waals surface area contributed by atoms with E-state index in [0.29, 0.717) is 22.0 Å². The lowest BCUT2D eigenvalue weighted by atomic mass is 10.1. The number of nitrogens with one attached hydrogen (secondary N) is 3. The van der Waals surface area contributed by atoms with Crippen molar-refractivity contribution in [3.63, 3.8) is 0 Å². The van der Waals surface area contributed by atoms with Gasteiger partial charge in [0.1, 0.15) is 11.6 Å². The summed E-state index contributed by atoms with van der Waals surface area (Å²) in [6.45, 7) is 0. The van der Waals surface area contributed by atoms with Crippen LogP contribution in [0.25, 0.3) is 11.3 Å². The number of aromatic amines is 1. The lowest BCUT2D eigenvalue weighted by molar-refractivity contribution is -0.380. The van der Waals surface area contributed by atoms with Gasteiger partial charge < -0.3 is 10.6 Å². The van der Waals surface area contributed by atoms with E-state index in [2.05, 4.69) is 20.6 Å². The summed E-state index contributed by atoms with van der Waals surface area (Å²) in [6.07, 6.45) is 0. The van der Waals surface area contributed by atoms with Crippen LogP contribution >= 0.6 is 22.9 Å². The molecule has 2 aromatic carbocycles. The Morgan fingerprint density at radius 2 is 1.82 bits per heavy atom. The highest BCUT2D eigenvalue weighted by Crippen LogP contribution is 2.26. The van der Waals surface area contributed by atoms with E-state index in [0.717, 1.165) is 11.3 Å².